The molecule has 2 heteroatoms. The maximum atomic E-state index is 8.08. The van der Waals surface area contributed by atoms with E-state index in [1.165, 1.54) is 0 Å². The predicted molar refractivity (Wildman–Crippen MR) is 35.9 cm³/mol. The van der Waals surface area contributed by atoms with Crippen LogP contribution in [0, 0.1) is 11.3 Å². The topological polar surface area (TPSA) is 33.0 Å². The SMILES string of the molecule is CCOC/C=C/CC#N. The number of hydrogen-bond donors (Lipinski definition) is 0. The summed E-state index contributed by atoms with van der Waals surface area (Å²) in [4.78, 5) is 0. The molecule has 0 saturated carbocycles. The fourth-order valence-electron chi connectivity index (χ4n) is 0.390. The Morgan fingerprint density at radius 3 is 2.89 bits per heavy atom. The second-order valence-electron chi connectivity index (χ2n) is 1.49. The number of nitrogens with zero attached hydrogens (tertiary/aromatic N) is 1. The molecule has 0 bridgehead atoms. The molecule has 50 valence electrons. The molecular weight excluding hydrogens is 114 g/mol. The van der Waals surface area contributed by atoms with E-state index in [-0.39, 0.29) is 0 Å². The second kappa shape index (κ2) is 7.19. The average molecular weight is 125 g/mol. The lowest BCUT2D eigenvalue weighted by molar-refractivity contribution is 0.177. The molecule has 0 heterocycles. The molecule has 0 aromatic rings. The Labute approximate surface area is 55.7 Å². The van der Waals surface area contributed by atoms with Gasteiger partial charge in [0.05, 0.1) is 19.1 Å². The first kappa shape index (κ1) is 8.19. The molecular formula is C7H11NO. The van der Waals surface area contributed by atoms with E-state index in [0.717, 1.165) is 6.61 Å². The summed E-state index contributed by atoms with van der Waals surface area (Å²) in [6.45, 7) is 3.30. The molecule has 9 heavy (non-hydrogen) atoms. The highest BCUT2D eigenvalue weighted by molar-refractivity contribution is 4.90. The summed E-state index contributed by atoms with van der Waals surface area (Å²) in [5.74, 6) is 0. The summed E-state index contributed by atoms with van der Waals surface area (Å²) in [6.07, 6.45) is 4.13. The summed E-state index contributed by atoms with van der Waals surface area (Å²) in [5, 5.41) is 8.08. The van der Waals surface area contributed by atoms with Gasteiger partial charge in [-0.15, -0.1) is 0 Å². The number of nitriles is 1. The lowest BCUT2D eigenvalue weighted by Crippen LogP contribution is -1.87. The van der Waals surface area contributed by atoms with Crippen molar-refractivity contribution in [1.82, 2.24) is 0 Å². The predicted octanol–water partition coefficient (Wildman–Crippen LogP) is 1.49. The molecule has 0 fully saturated rings. The summed E-state index contributed by atoms with van der Waals surface area (Å²) < 4.78 is 4.98. The Kier molecular flexibility index (Phi) is 6.54. The van der Waals surface area contributed by atoms with Gasteiger partial charge in [-0.25, -0.2) is 0 Å². The van der Waals surface area contributed by atoms with Crippen molar-refractivity contribution < 1.29 is 4.74 Å². The van der Waals surface area contributed by atoms with Gasteiger partial charge in [0.1, 0.15) is 0 Å². The summed E-state index contributed by atoms with van der Waals surface area (Å²) >= 11 is 0. The Morgan fingerprint density at radius 2 is 2.33 bits per heavy atom. The van der Waals surface area contributed by atoms with Gasteiger partial charge >= 0.3 is 0 Å². The highest BCUT2D eigenvalue weighted by atomic mass is 16.5. The lowest BCUT2D eigenvalue weighted by Gasteiger charge is -1.90. The minimum Gasteiger partial charge on any atom is -0.378 e. The van der Waals surface area contributed by atoms with Crippen LogP contribution in [0.1, 0.15) is 13.3 Å². The zero-order valence-electron chi connectivity index (χ0n) is 5.63. The second-order valence-corrected chi connectivity index (χ2v) is 1.49. The minimum absolute atomic E-state index is 0.479. The van der Waals surface area contributed by atoms with E-state index in [4.69, 9.17) is 10.00 Å². The third kappa shape index (κ3) is 7.19. The maximum absolute atomic E-state index is 8.08. The number of allylic oxidation sites excluding steroid dienone is 1. The van der Waals surface area contributed by atoms with Crippen LogP contribution in [-0.4, -0.2) is 13.2 Å². The van der Waals surface area contributed by atoms with Crippen molar-refractivity contribution in [3.8, 4) is 6.07 Å². The first-order chi connectivity index (χ1) is 4.41. The molecule has 0 aliphatic rings. The molecule has 0 radical (unpaired) electrons. The molecule has 0 aliphatic carbocycles. The smallest absolute Gasteiger partial charge is 0.0663 e. The van der Waals surface area contributed by atoms with Crippen molar-refractivity contribution >= 4 is 0 Å². The highest BCUT2D eigenvalue weighted by Gasteiger charge is 1.74. The van der Waals surface area contributed by atoms with Crippen molar-refractivity contribution in [3.63, 3.8) is 0 Å². The van der Waals surface area contributed by atoms with E-state index < -0.39 is 0 Å². The van der Waals surface area contributed by atoms with Gasteiger partial charge in [-0.1, -0.05) is 12.2 Å². The highest BCUT2D eigenvalue weighted by Crippen LogP contribution is 1.80. The fraction of sp³-hybridized carbons (Fsp3) is 0.571. The third-order valence-electron chi connectivity index (χ3n) is 0.794. The van der Waals surface area contributed by atoms with Gasteiger partial charge in [-0.2, -0.15) is 5.26 Å². The normalized spacial score (nSPS) is 9.78. The van der Waals surface area contributed by atoms with E-state index in [2.05, 4.69) is 0 Å². The van der Waals surface area contributed by atoms with Crippen molar-refractivity contribution in [2.75, 3.05) is 13.2 Å². The van der Waals surface area contributed by atoms with Crippen LogP contribution < -0.4 is 0 Å². The largest absolute Gasteiger partial charge is 0.378 e. The Hall–Kier alpha value is -0.810. The van der Waals surface area contributed by atoms with Gasteiger partial charge in [0, 0.05) is 6.61 Å². The van der Waals surface area contributed by atoms with Gasteiger partial charge in [-0.3, -0.25) is 0 Å². The van der Waals surface area contributed by atoms with Crippen molar-refractivity contribution in [3.05, 3.63) is 12.2 Å². The molecule has 0 unspecified atom stereocenters. The fourth-order valence-corrected chi connectivity index (χ4v) is 0.390. The van der Waals surface area contributed by atoms with Crippen LogP contribution in [0.2, 0.25) is 0 Å². The Morgan fingerprint density at radius 1 is 1.56 bits per heavy atom. The molecule has 2 nitrogen and oxygen atoms in total. The van der Waals surface area contributed by atoms with Crippen LogP contribution in [0.3, 0.4) is 0 Å². The van der Waals surface area contributed by atoms with Crippen LogP contribution in [0.5, 0.6) is 0 Å². The van der Waals surface area contributed by atoms with Gasteiger partial charge in [0.15, 0.2) is 0 Å². The van der Waals surface area contributed by atoms with Crippen LogP contribution in [-0.2, 0) is 4.74 Å². The molecule has 0 aromatic heterocycles. The minimum atomic E-state index is 0.479. The molecule has 0 saturated heterocycles. The molecule has 0 rings (SSSR count). The van der Waals surface area contributed by atoms with E-state index in [9.17, 15) is 0 Å². The molecule has 0 aliphatic heterocycles. The zero-order chi connectivity index (χ0) is 6.95. The van der Waals surface area contributed by atoms with Gasteiger partial charge in [-0.05, 0) is 6.92 Å². The Balaban J connectivity index is 2.97. The molecule has 0 N–H and O–H groups in total. The van der Waals surface area contributed by atoms with E-state index in [1.807, 2.05) is 19.1 Å². The van der Waals surface area contributed by atoms with E-state index >= 15 is 0 Å². The molecule has 0 amide bonds. The molecule has 0 aromatic carbocycles. The zero-order valence-corrected chi connectivity index (χ0v) is 5.63. The van der Waals surface area contributed by atoms with E-state index in [0.29, 0.717) is 13.0 Å². The van der Waals surface area contributed by atoms with Crippen molar-refractivity contribution in [2.24, 2.45) is 0 Å². The summed E-state index contributed by atoms with van der Waals surface area (Å²) in [7, 11) is 0. The van der Waals surface area contributed by atoms with Gasteiger partial charge < -0.3 is 4.74 Å². The molecule has 0 atom stereocenters. The van der Waals surface area contributed by atoms with Crippen molar-refractivity contribution in [2.45, 2.75) is 13.3 Å². The average Bonchev–Trinajstić information content (AvgIpc) is 1.89. The Bertz CT molecular complexity index is 113. The number of ether oxygens (including phenoxy) is 1. The van der Waals surface area contributed by atoms with Crippen LogP contribution in [0.25, 0.3) is 0 Å². The van der Waals surface area contributed by atoms with Crippen LogP contribution >= 0.6 is 0 Å². The lowest BCUT2D eigenvalue weighted by atomic mass is 10.4. The monoisotopic (exact) mass is 125 g/mol. The quantitative estimate of drug-likeness (QED) is 0.421. The number of rotatable bonds is 4. The standard InChI is InChI=1S/C7H11NO/c1-2-9-7-5-3-4-6-8/h3,5H,2,4,7H2,1H3/b5-3+. The molecule has 0 spiro atoms. The first-order valence-electron chi connectivity index (χ1n) is 3.01. The maximum Gasteiger partial charge on any atom is 0.0663 e. The number of hydrogen-bond acceptors (Lipinski definition) is 2. The van der Waals surface area contributed by atoms with Gasteiger partial charge in [0.2, 0.25) is 0 Å². The third-order valence-corrected chi connectivity index (χ3v) is 0.794. The van der Waals surface area contributed by atoms with Crippen molar-refractivity contribution in [1.29, 1.82) is 5.26 Å². The van der Waals surface area contributed by atoms with Gasteiger partial charge in [0.25, 0.3) is 0 Å². The first-order valence-corrected chi connectivity index (χ1v) is 3.01. The van der Waals surface area contributed by atoms with E-state index in [1.54, 1.807) is 6.08 Å². The summed E-state index contributed by atoms with van der Waals surface area (Å²) in [6, 6.07) is 2.00. The van der Waals surface area contributed by atoms with Crippen LogP contribution in [0.4, 0.5) is 0 Å². The van der Waals surface area contributed by atoms with Crippen LogP contribution in [0.15, 0.2) is 12.2 Å². The summed E-state index contributed by atoms with van der Waals surface area (Å²) in [5.41, 5.74) is 0.